The number of carbonyl (C=O) groups excluding carboxylic acids is 1. The van der Waals surface area contributed by atoms with E-state index in [1.165, 1.54) is 25.3 Å². The van der Waals surface area contributed by atoms with Gasteiger partial charge in [0.15, 0.2) is 5.58 Å². The molecule has 0 bridgehead atoms. The Morgan fingerprint density at radius 2 is 2.12 bits per heavy atom. The zero-order chi connectivity index (χ0) is 18.8. The van der Waals surface area contributed by atoms with Gasteiger partial charge in [0.2, 0.25) is 5.91 Å². The van der Waals surface area contributed by atoms with Crippen LogP contribution in [0.15, 0.2) is 45.6 Å². The maximum absolute atomic E-state index is 12.2. The molecule has 2 aromatic carbocycles. The number of hydrogen-bond donors (Lipinski definition) is 1. The molecule has 0 aliphatic rings. The molecule has 1 amide bonds. The minimum absolute atomic E-state index is 0.0319. The number of halogens is 1. The van der Waals surface area contributed by atoms with Gasteiger partial charge in [-0.3, -0.25) is 19.5 Å². The second kappa shape index (κ2) is 6.89. The number of oxazole rings is 1. The molecule has 3 rings (SSSR count). The summed E-state index contributed by atoms with van der Waals surface area (Å²) in [7, 11) is 1.47. The van der Waals surface area contributed by atoms with Gasteiger partial charge >= 0.3 is 5.76 Å². The molecular weight excluding hydrogens is 366 g/mol. The summed E-state index contributed by atoms with van der Waals surface area (Å²) in [5.74, 6) is -0.818. The lowest BCUT2D eigenvalue weighted by molar-refractivity contribution is -0.384. The molecule has 0 fully saturated rings. The van der Waals surface area contributed by atoms with Gasteiger partial charge in [-0.15, -0.1) is 0 Å². The SMILES string of the molecule is COc1ccc(NC(=O)Cn2c(=O)oc3cc([N+](=O)[O-])ccc32)cc1Cl. The summed E-state index contributed by atoms with van der Waals surface area (Å²) in [4.78, 5) is 34.4. The number of ether oxygens (including phenoxy) is 1. The van der Waals surface area contributed by atoms with Crippen LogP contribution in [0.2, 0.25) is 5.02 Å². The average molecular weight is 378 g/mol. The van der Waals surface area contributed by atoms with E-state index in [1.54, 1.807) is 12.1 Å². The van der Waals surface area contributed by atoms with Crippen LogP contribution in [-0.4, -0.2) is 22.5 Å². The molecule has 1 heterocycles. The first-order valence-electron chi connectivity index (χ1n) is 7.30. The fraction of sp³-hybridized carbons (Fsp3) is 0.125. The highest BCUT2D eigenvalue weighted by atomic mass is 35.5. The Bertz CT molecular complexity index is 1070. The highest BCUT2D eigenvalue weighted by Gasteiger charge is 2.16. The molecule has 0 atom stereocenters. The van der Waals surface area contributed by atoms with E-state index in [-0.39, 0.29) is 23.3 Å². The highest BCUT2D eigenvalue weighted by Crippen LogP contribution is 2.27. The van der Waals surface area contributed by atoms with Gasteiger partial charge in [-0.1, -0.05) is 11.6 Å². The molecule has 10 heteroatoms. The number of nitrogens with zero attached hydrogens (tertiary/aromatic N) is 2. The number of non-ortho nitro benzene ring substituents is 1. The number of carbonyl (C=O) groups is 1. The number of hydrogen-bond acceptors (Lipinski definition) is 6. The largest absolute Gasteiger partial charge is 0.495 e. The van der Waals surface area contributed by atoms with Crippen molar-refractivity contribution in [2.75, 3.05) is 12.4 Å². The molecule has 3 aromatic rings. The van der Waals surface area contributed by atoms with Crippen molar-refractivity contribution in [2.24, 2.45) is 0 Å². The van der Waals surface area contributed by atoms with Gasteiger partial charge in [-0.25, -0.2) is 4.79 Å². The molecular formula is C16H12ClN3O6. The minimum atomic E-state index is -0.789. The van der Waals surface area contributed by atoms with Gasteiger partial charge in [0.1, 0.15) is 12.3 Å². The van der Waals surface area contributed by atoms with E-state index in [0.717, 1.165) is 10.6 Å². The molecule has 0 spiro atoms. The summed E-state index contributed by atoms with van der Waals surface area (Å²) in [5, 5.41) is 13.7. The van der Waals surface area contributed by atoms with Crippen LogP contribution in [0.25, 0.3) is 11.1 Å². The van der Waals surface area contributed by atoms with Crippen molar-refractivity contribution in [2.45, 2.75) is 6.54 Å². The van der Waals surface area contributed by atoms with Crippen LogP contribution in [0.1, 0.15) is 0 Å². The third-order valence-corrected chi connectivity index (χ3v) is 3.90. The molecule has 1 N–H and O–H groups in total. The second-order valence-electron chi connectivity index (χ2n) is 5.26. The van der Waals surface area contributed by atoms with Crippen LogP contribution in [0, 0.1) is 10.1 Å². The van der Waals surface area contributed by atoms with Gasteiger partial charge in [0, 0.05) is 11.8 Å². The fourth-order valence-electron chi connectivity index (χ4n) is 2.41. The Morgan fingerprint density at radius 1 is 1.35 bits per heavy atom. The Hall–Kier alpha value is -3.33. The number of fused-ring (bicyclic) bond motifs is 1. The van der Waals surface area contributed by atoms with Crippen LogP contribution in [0.5, 0.6) is 5.75 Å². The predicted molar refractivity (Wildman–Crippen MR) is 93.8 cm³/mol. The highest BCUT2D eigenvalue weighted by molar-refractivity contribution is 6.32. The number of nitro groups is 1. The van der Waals surface area contributed by atoms with Crippen molar-refractivity contribution in [1.29, 1.82) is 0 Å². The van der Waals surface area contributed by atoms with Crippen molar-refractivity contribution in [3.8, 4) is 5.75 Å². The first-order chi connectivity index (χ1) is 12.4. The number of amides is 1. The Kier molecular flexibility index (Phi) is 4.63. The van der Waals surface area contributed by atoms with E-state index in [0.29, 0.717) is 16.5 Å². The minimum Gasteiger partial charge on any atom is -0.495 e. The van der Waals surface area contributed by atoms with Gasteiger partial charge in [-0.05, 0) is 24.3 Å². The van der Waals surface area contributed by atoms with Crippen molar-refractivity contribution < 1.29 is 18.9 Å². The van der Waals surface area contributed by atoms with Crippen LogP contribution >= 0.6 is 11.6 Å². The van der Waals surface area contributed by atoms with Crippen molar-refractivity contribution in [3.05, 3.63) is 62.1 Å². The molecule has 0 saturated heterocycles. The van der Waals surface area contributed by atoms with Gasteiger partial charge < -0.3 is 14.5 Å². The number of nitro benzene ring substituents is 1. The Labute approximate surface area is 150 Å². The second-order valence-corrected chi connectivity index (χ2v) is 5.67. The molecule has 1 aromatic heterocycles. The van der Waals surface area contributed by atoms with Crippen LogP contribution in [-0.2, 0) is 11.3 Å². The normalized spacial score (nSPS) is 10.7. The third-order valence-electron chi connectivity index (χ3n) is 3.60. The molecule has 0 aliphatic heterocycles. The van der Waals surface area contributed by atoms with Gasteiger partial charge in [-0.2, -0.15) is 0 Å². The molecule has 134 valence electrons. The third kappa shape index (κ3) is 3.38. The van der Waals surface area contributed by atoms with E-state index in [1.807, 2.05) is 0 Å². The van der Waals surface area contributed by atoms with Crippen molar-refractivity contribution >= 4 is 40.0 Å². The summed E-state index contributed by atoms with van der Waals surface area (Å²) in [6.07, 6.45) is 0. The zero-order valence-corrected chi connectivity index (χ0v) is 14.1. The number of aromatic nitrogens is 1. The maximum Gasteiger partial charge on any atom is 0.420 e. The summed E-state index contributed by atoms with van der Waals surface area (Å²) >= 11 is 6.00. The molecule has 0 aliphatic carbocycles. The number of benzene rings is 2. The van der Waals surface area contributed by atoms with Gasteiger partial charge in [0.05, 0.1) is 28.6 Å². The summed E-state index contributed by atoms with van der Waals surface area (Å²) in [6.45, 7) is -0.326. The lowest BCUT2D eigenvalue weighted by Gasteiger charge is -2.08. The average Bonchev–Trinajstić information content (AvgIpc) is 2.89. The van der Waals surface area contributed by atoms with Crippen molar-refractivity contribution in [1.82, 2.24) is 4.57 Å². The summed E-state index contributed by atoms with van der Waals surface area (Å²) in [6, 6.07) is 8.43. The maximum atomic E-state index is 12.2. The molecule has 0 saturated carbocycles. The first-order valence-corrected chi connectivity index (χ1v) is 7.68. The summed E-state index contributed by atoms with van der Waals surface area (Å²) < 4.78 is 11.1. The molecule has 9 nitrogen and oxygen atoms in total. The lowest BCUT2D eigenvalue weighted by Crippen LogP contribution is -2.24. The van der Waals surface area contributed by atoms with E-state index >= 15 is 0 Å². The number of nitrogens with one attached hydrogen (secondary N) is 1. The van der Waals surface area contributed by atoms with Crippen molar-refractivity contribution in [3.63, 3.8) is 0 Å². The standard InChI is InChI=1S/C16H12ClN3O6/c1-25-13-5-2-9(6-11(13)17)18-15(21)8-19-12-4-3-10(20(23)24)7-14(12)26-16(19)22/h2-7H,8H2,1H3,(H,18,21). The zero-order valence-electron chi connectivity index (χ0n) is 13.4. The predicted octanol–water partition coefficient (Wildman–Crippen LogP) is 2.80. The number of methoxy groups -OCH3 is 1. The van der Waals surface area contributed by atoms with E-state index in [9.17, 15) is 19.7 Å². The molecule has 0 unspecified atom stereocenters. The topological polar surface area (TPSA) is 117 Å². The van der Waals surface area contributed by atoms with E-state index in [2.05, 4.69) is 5.32 Å². The quantitative estimate of drug-likeness (QED) is 0.539. The van der Waals surface area contributed by atoms with Crippen LogP contribution in [0.4, 0.5) is 11.4 Å². The fourth-order valence-corrected chi connectivity index (χ4v) is 2.66. The number of anilines is 1. The van der Waals surface area contributed by atoms with Crippen LogP contribution in [0.3, 0.4) is 0 Å². The molecule has 26 heavy (non-hydrogen) atoms. The van der Waals surface area contributed by atoms with E-state index < -0.39 is 16.6 Å². The van der Waals surface area contributed by atoms with E-state index in [4.69, 9.17) is 20.8 Å². The Morgan fingerprint density at radius 3 is 2.77 bits per heavy atom. The van der Waals surface area contributed by atoms with Gasteiger partial charge in [0.25, 0.3) is 5.69 Å². The number of rotatable bonds is 5. The molecule has 0 radical (unpaired) electrons. The monoisotopic (exact) mass is 377 g/mol. The van der Waals surface area contributed by atoms with Crippen LogP contribution < -0.4 is 15.8 Å². The smallest absolute Gasteiger partial charge is 0.420 e. The summed E-state index contributed by atoms with van der Waals surface area (Å²) in [5.41, 5.74) is 0.529. The lowest BCUT2D eigenvalue weighted by atomic mass is 10.3. The first kappa shape index (κ1) is 17.5. The Balaban J connectivity index is 1.83.